The van der Waals surface area contributed by atoms with Gasteiger partial charge < -0.3 is 10.0 Å². The lowest BCUT2D eigenvalue weighted by Crippen LogP contribution is -2.10. The van der Waals surface area contributed by atoms with Gasteiger partial charge >= 0.3 is 5.97 Å². The van der Waals surface area contributed by atoms with E-state index in [1.54, 1.807) is 0 Å². The molecule has 0 aliphatic rings. The molecule has 0 fully saturated rings. The number of carboxylic acids is 1. The first-order valence-corrected chi connectivity index (χ1v) is 5.52. The molecular weight excluding hydrogens is 202 g/mol. The summed E-state index contributed by atoms with van der Waals surface area (Å²) in [4.78, 5) is 12.5. The Hall–Kier alpha value is -1.35. The molecule has 0 bridgehead atoms. The molecule has 0 aromatic heterocycles. The third-order valence-electron chi connectivity index (χ3n) is 2.35. The summed E-state index contributed by atoms with van der Waals surface area (Å²) >= 11 is 0. The summed E-state index contributed by atoms with van der Waals surface area (Å²) in [5.74, 6) is -0.718. The minimum Gasteiger partial charge on any atom is -0.481 e. The SMILES string of the molecule is CN(C)Cc1cccc(CCCC(=O)O)c1. The van der Waals surface area contributed by atoms with Crippen molar-refractivity contribution in [2.75, 3.05) is 14.1 Å². The average Bonchev–Trinajstić information content (AvgIpc) is 2.16. The van der Waals surface area contributed by atoms with Crippen LogP contribution in [0.2, 0.25) is 0 Å². The van der Waals surface area contributed by atoms with Crippen LogP contribution in [0.15, 0.2) is 24.3 Å². The molecule has 0 unspecified atom stereocenters. The first-order chi connectivity index (χ1) is 7.58. The fourth-order valence-corrected chi connectivity index (χ4v) is 1.69. The average molecular weight is 221 g/mol. The zero-order valence-electron chi connectivity index (χ0n) is 9.94. The van der Waals surface area contributed by atoms with E-state index in [0.29, 0.717) is 6.42 Å². The van der Waals surface area contributed by atoms with Crippen LogP contribution < -0.4 is 0 Å². The largest absolute Gasteiger partial charge is 0.481 e. The van der Waals surface area contributed by atoms with Crippen LogP contribution in [0.5, 0.6) is 0 Å². The molecule has 0 spiro atoms. The molecule has 0 saturated carbocycles. The van der Waals surface area contributed by atoms with Gasteiger partial charge in [0.25, 0.3) is 0 Å². The molecule has 0 aliphatic carbocycles. The molecular formula is C13H19NO2. The van der Waals surface area contributed by atoms with Gasteiger partial charge in [-0.15, -0.1) is 0 Å². The van der Waals surface area contributed by atoms with Crippen LogP contribution in [0, 0.1) is 0 Å². The van der Waals surface area contributed by atoms with Crippen molar-refractivity contribution < 1.29 is 9.90 Å². The van der Waals surface area contributed by atoms with E-state index in [-0.39, 0.29) is 6.42 Å². The quantitative estimate of drug-likeness (QED) is 0.800. The summed E-state index contributed by atoms with van der Waals surface area (Å²) in [6, 6.07) is 8.35. The molecule has 0 radical (unpaired) electrons. The normalized spacial score (nSPS) is 10.7. The van der Waals surface area contributed by atoms with E-state index in [1.165, 1.54) is 11.1 Å². The van der Waals surface area contributed by atoms with Gasteiger partial charge in [0.1, 0.15) is 0 Å². The summed E-state index contributed by atoms with van der Waals surface area (Å²) in [6.07, 6.45) is 1.80. The van der Waals surface area contributed by atoms with Crippen molar-refractivity contribution in [2.24, 2.45) is 0 Å². The van der Waals surface area contributed by atoms with Gasteiger partial charge in [0, 0.05) is 13.0 Å². The lowest BCUT2D eigenvalue weighted by atomic mass is 10.1. The lowest BCUT2D eigenvalue weighted by molar-refractivity contribution is -0.137. The second-order valence-electron chi connectivity index (χ2n) is 4.31. The van der Waals surface area contributed by atoms with Gasteiger partial charge in [-0.05, 0) is 38.1 Å². The Labute approximate surface area is 96.7 Å². The van der Waals surface area contributed by atoms with E-state index < -0.39 is 5.97 Å². The third kappa shape index (κ3) is 4.94. The summed E-state index contributed by atoms with van der Waals surface area (Å²) in [7, 11) is 4.08. The van der Waals surface area contributed by atoms with Crippen LogP contribution in [0.25, 0.3) is 0 Å². The molecule has 3 heteroatoms. The number of nitrogens with zero attached hydrogens (tertiary/aromatic N) is 1. The zero-order valence-corrected chi connectivity index (χ0v) is 9.94. The minimum absolute atomic E-state index is 0.248. The summed E-state index contributed by atoms with van der Waals surface area (Å²) in [5.41, 5.74) is 2.50. The Kier molecular flexibility index (Phi) is 4.99. The molecule has 0 aliphatic heterocycles. The molecule has 16 heavy (non-hydrogen) atoms. The number of hydrogen-bond acceptors (Lipinski definition) is 2. The van der Waals surface area contributed by atoms with Gasteiger partial charge in [0.2, 0.25) is 0 Å². The van der Waals surface area contributed by atoms with Gasteiger partial charge in [-0.1, -0.05) is 24.3 Å². The maximum absolute atomic E-state index is 10.4. The smallest absolute Gasteiger partial charge is 0.303 e. The number of carboxylic acid groups (broad SMARTS) is 1. The van der Waals surface area contributed by atoms with Crippen LogP contribution in [0.3, 0.4) is 0 Å². The second kappa shape index (κ2) is 6.28. The molecule has 1 rings (SSSR count). The van der Waals surface area contributed by atoms with Crippen LogP contribution >= 0.6 is 0 Å². The predicted octanol–water partition coefficient (Wildman–Crippen LogP) is 2.16. The van der Waals surface area contributed by atoms with Crippen molar-refractivity contribution >= 4 is 5.97 Å². The molecule has 1 N–H and O–H groups in total. The lowest BCUT2D eigenvalue weighted by Gasteiger charge is -2.10. The molecule has 3 nitrogen and oxygen atoms in total. The van der Waals surface area contributed by atoms with Crippen molar-refractivity contribution in [3.63, 3.8) is 0 Å². The van der Waals surface area contributed by atoms with E-state index in [1.807, 2.05) is 20.2 Å². The maximum Gasteiger partial charge on any atom is 0.303 e. The minimum atomic E-state index is -0.718. The Morgan fingerprint density at radius 2 is 2.00 bits per heavy atom. The monoisotopic (exact) mass is 221 g/mol. The third-order valence-corrected chi connectivity index (χ3v) is 2.35. The first-order valence-electron chi connectivity index (χ1n) is 5.52. The second-order valence-corrected chi connectivity index (χ2v) is 4.31. The molecule has 1 aromatic carbocycles. The number of carbonyl (C=O) groups is 1. The van der Waals surface area contributed by atoms with Crippen LogP contribution in [-0.4, -0.2) is 30.1 Å². The number of aliphatic carboxylic acids is 1. The summed E-state index contributed by atoms with van der Waals surface area (Å²) in [5, 5.41) is 8.56. The van der Waals surface area contributed by atoms with Crippen molar-refractivity contribution in [1.82, 2.24) is 4.90 Å². The number of hydrogen-bond donors (Lipinski definition) is 1. The Morgan fingerprint density at radius 1 is 1.31 bits per heavy atom. The number of aryl methyl sites for hydroxylation is 1. The van der Waals surface area contributed by atoms with Gasteiger partial charge in [0.15, 0.2) is 0 Å². The summed E-state index contributed by atoms with van der Waals surface area (Å²) in [6.45, 7) is 0.923. The maximum atomic E-state index is 10.4. The zero-order chi connectivity index (χ0) is 12.0. The van der Waals surface area contributed by atoms with Crippen LogP contribution in [0.4, 0.5) is 0 Å². The molecule has 88 valence electrons. The highest BCUT2D eigenvalue weighted by molar-refractivity contribution is 5.66. The van der Waals surface area contributed by atoms with Gasteiger partial charge in [-0.25, -0.2) is 0 Å². The highest BCUT2D eigenvalue weighted by Crippen LogP contribution is 2.10. The van der Waals surface area contributed by atoms with Gasteiger partial charge in [-0.3, -0.25) is 4.79 Å². The molecule has 1 aromatic rings. The van der Waals surface area contributed by atoms with Crippen molar-refractivity contribution in [1.29, 1.82) is 0 Å². The Bertz CT molecular complexity index is 348. The number of benzene rings is 1. The van der Waals surface area contributed by atoms with E-state index in [9.17, 15) is 4.79 Å². The van der Waals surface area contributed by atoms with E-state index >= 15 is 0 Å². The van der Waals surface area contributed by atoms with E-state index in [0.717, 1.165) is 13.0 Å². The Balaban J connectivity index is 2.50. The van der Waals surface area contributed by atoms with Gasteiger partial charge in [0.05, 0.1) is 0 Å². The van der Waals surface area contributed by atoms with Crippen molar-refractivity contribution in [2.45, 2.75) is 25.8 Å². The topological polar surface area (TPSA) is 40.5 Å². The molecule has 0 saturated heterocycles. The van der Waals surface area contributed by atoms with Crippen LogP contribution in [0.1, 0.15) is 24.0 Å². The highest BCUT2D eigenvalue weighted by atomic mass is 16.4. The molecule has 0 atom stereocenters. The van der Waals surface area contributed by atoms with Crippen molar-refractivity contribution in [3.05, 3.63) is 35.4 Å². The number of rotatable bonds is 6. The summed E-state index contributed by atoms with van der Waals surface area (Å²) < 4.78 is 0. The van der Waals surface area contributed by atoms with Crippen molar-refractivity contribution in [3.8, 4) is 0 Å². The van der Waals surface area contributed by atoms with E-state index in [2.05, 4.69) is 23.1 Å². The molecule has 0 heterocycles. The highest BCUT2D eigenvalue weighted by Gasteiger charge is 2.00. The molecule has 0 amide bonds. The fourth-order valence-electron chi connectivity index (χ4n) is 1.69. The fraction of sp³-hybridized carbons (Fsp3) is 0.462. The Morgan fingerprint density at radius 3 is 2.62 bits per heavy atom. The predicted molar refractivity (Wildman–Crippen MR) is 64.4 cm³/mol. The van der Waals surface area contributed by atoms with E-state index in [4.69, 9.17) is 5.11 Å². The van der Waals surface area contributed by atoms with Gasteiger partial charge in [-0.2, -0.15) is 0 Å². The standard InChI is InChI=1S/C13H19NO2/c1-14(2)10-12-7-3-5-11(9-12)6-4-8-13(15)16/h3,5,7,9H,4,6,8,10H2,1-2H3,(H,15,16). The van der Waals surface area contributed by atoms with Crippen LogP contribution in [-0.2, 0) is 17.8 Å². The first kappa shape index (κ1) is 12.7.